The van der Waals surface area contributed by atoms with E-state index in [0.29, 0.717) is 5.69 Å². The number of alkyl halides is 3. The van der Waals surface area contributed by atoms with Gasteiger partial charge in [0.1, 0.15) is 5.82 Å². The molecule has 8 heteroatoms. The monoisotopic (exact) mass is 283 g/mol. The minimum atomic E-state index is -4.39. The summed E-state index contributed by atoms with van der Waals surface area (Å²) in [5, 5.41) is 11.4. The summed E-state index contributed by atoms with van der Waals surface area (Å²) >= 11 is 0. The van der Waals surface area contributed by atoms with Crippen LogP contribution in [0.15, 0.2) is 36.7 Å². The number of hydrogen-bond donors (Lipinski definition) is 2. The molecule has 0 aliphatic heterocycles. The molecule has 0 unspecified atom stereocenters. The molecule has 5 nitrogen and oxygen atoms in total. The second-order valence-electron chi connectivity index (χ2n) is 3.79. The van der Waals surface area contributed by atoms with Gasteiger partial charge in [-0.05, 0) is 24.3 Å². The summed E-state index contributed by atoms with van der Waals surface area (Å²) in [6.07, 6.45) is -2.16. The van der Waals surface area contributed by atoms with Crippen LogP contribution in [0.2, 0.25) is 0 Å². The minimum absolute atomic E-state index is 0.219. The maximum absolute atomic E-state index is 12.4. The van der Waals surface area contributed by atoms with Crippen molar-refractivity contribution in [2.45, 2.75) is 6.18 Å². The molecular weight excluding hydrogens is 275 g/mol. The molecule has 1 aromatic carbocycles. The Bertz CT molecular complexity index is 609. The third-order valence-corrected chi connectivity index (χ3v) is 2.36. The molecule has 104 valence electrons. The van der Waals surface area contributed by atoms with Gasteiger partial charge in [0, 0.05) is 5.69 Å². The normalized spacial score (nSPS) is 11.2. The molecule has 0 aliphatic carbocycles. The first-order valence-corrected chi connectivity index (χ1v) is 5.36. The summed E-state index contributed by atoms with van der Waals surface area (Å²) in [5.74, 6) is -0.978. The number of aromatic carboxylic acids is 1. The summed E-state index contributed by atoms with van der Waals surface area (Å²) < 4.78 is 37.1. The molecule has 2 rings (SSSR count). The number of nitrogens with zero attached hydrogens (tertiary/aromatic N) is 2. The highest BCUT2D eigenvalue weighted by Gasteiger charge is 2.29. The molecule has 0 radical (unpaired) electrons. The van der Waals surface area contributed by atoms with Gasteiger partial charge >= 0.3 is 12.1 Å². The number of benzene rings is 1. The lowest BCUT2D eigenvalue weighted by molar-refractivity contribution is -0.137. The summed E-state index contributed by atoms with van der Waals surface area (Å²) in [6, 6.07) is 4.36. The smallest absolute Gasteiger partial charge is 0.416 e. The predicted octanol–water partition coefficient (Wildman–Crippen LogP) is 2.94. The number of carboxylic acid groups (broad SMARTS) is 1. The van der Waals surface area contributed by atoms with Crippen molar-refractivity contribution in [2.24, 2.45) is 0 Å². The number of halogens is 3. The number of carbonyl (C=O) groups is 1. The molecule has 1 aromatic heterocycles. The van der Waals surface area contributed by atoms with Gasteiger partial charge in [0.15, 0.2) is 5.69 Å². The highest BCUT2D eigenvalue weighted by molar-refractivity contribution is 5.85. The van der Waals surface area contributed by atoms with E-state index in [1.54, 1.807) is 0 Å². The lowest BCUT2D eigenvalue weighted by atomic mass is 10.2. The quantitative estimate of drug-likeness (QED) is 0.905. The highest BCUT2D eigenvalue weighted by Crippen LogP contribution is 2.30. The number of carboxylic acids is 1. The number of nitrogens with one attached hydrogen (secondary N) is 1. The number of anilines is 2. The Kier molecular flexibility index (Phi) is 3.55. The zero-order valence-electron chi connectivity index (χ0n) is 9.85. The van der Waals surface area contributed by atoms with Crippen LogP contribution in [-0.4, -0.2) is 21.0 Å². The number of aromatic nitrogens is 2. The highest BCUT2D eigenvalue weighted by atomic mass is 19.4. The van der Waals surface area contributed by atoms with Crippen LogP contribution in [0.25, 0.3) is 0 Å². The Morgan fingerprint density at radius 3 is 2.20 bits per heavy atom. The van der Waals surface area contributed by atoms with E-state index >= 15 is 0 Å². The van der Waals surface area contributed by atoms with Crippen LogP contribution in [0.4, 0.5) is 24.7 Å². The predicted molar refractivity (Wildman–Crippen MR) is 63.7 cm³/mol. The van der Waals surface area contributed by atoms with E-state index in [2.05, 4.69) is 15.3 Å². The fraction of sp³-hybridized carbons (Fsp3) is 0.0833. The van der Waals surface area contributed by atoms with Crippen LogP contribution >= 0.6 is 0 Å². The number of rotatable bonds is 3. The summed E-state index contributed by atoms with van der Waals surface area (Å²) in [4.78, 5) is 18.0. The van der Waals surface area contributed by atoms with Crippen molar-refractivity contribution in [1.29, 1.82) is 0 Å². The first-order chi connectivity index (χ1) is 9.36. The van der Waals surface area contributed by atoms with E-state index in [-0.39, 0.29) is 11.5 Å². The molecule has 0 fully saturated rings. The Balaban J connectivity index is 2.12. The van der Waals surface area contributed by atoms with E-state index in [1.807, 2.05) is 0 Å². The van der Waals surface area contributed by atoms with E-state index < -0.39 is 17.7 Å². The summed E-state index contributed by atoms with van der Waals surface area (Å²) in [7, 11) is 0. The molecular formula is C12H8F3N3O2. The van der Waals surface area contributed by atoms with E-state index in [9.17, 15) is 18.0 Å². The van der Waals surface area contributed by atoms with E-state index in [0.717, 1.165) is 18.3 Å². The summed E-state index contributed by atoms with van der Waals surface area (Å²) in [5.41, 5.74) is -0.589. The average molecular weight is 283 g/mol. The zero-order valence-corrected chi connectivity index (χ0v) is 9.85. The largest absolute Gasteiger partial charge is 0.476 e. The van der Waals surface area contributed by atoms with Crippen molar-refractivity contribution < 1.29 is 23.1 Å². The van der Waals surface area contributed by atoms with Gasteiger partial charge in [0.25, 0.3) is 0 Å². The van der Waals surface area contributed by atoms with Crippen LogP contribution in [0, 0.1) is 0 Å². The average Bonchev–Trinajstić information content (AvgIpc) is 2.39. The van der Waals surface area contributed by atoms with Crippen molar-refractivity contribution in [3.63, 3.8) is 0 Å². The van der Waals surface area contributed by atoms with Gasteiger partial charge < -0.3 is 10.4 Å². The van der Waals surface area contributed by atoms with Gasteiger partial charge in [-0.15, -0.1) is 0 Å². The fourth-order valence-electron chi connectivity index (χ4n) is 1.39. The lowest BCUT2D eigenvalue weighted by Gasteiger charge is -2.08. The standard InChI is InChI=1S/C12H8F3N3O2/c13-12(14,15)7-1-3-8(4-2-7)18-10-6-16-9(5-17-10)11(19)20/h1-6H,(H,17,18)(H,19,20). The lowest BCUT2D eigenvalue weighted by Crippen LogP contribution is -2.05. The maximum atomic E-state index is 12.4. The minimum Gasteiger partial charge on any atom is -0.476 e. The molecule has 1 heterocycles. The first-order valence-electron chi connectivity index (χ1n) is 5.36. The second-order valence-corrected chi connectivity index (χ2v) is 3.79. The van der Waals surface area contributed by atoms with Gasteiger partial charge in [-0.2, -0.15) is 13.2 Å². The van der Waals surface area contributed by atoms with Crippen molar-refractivity contribution >= 4 is 17.5 Å². The van der Waals surface area contributed by atoms with Gasteiger partial charge in [-0.1, -0.05) is 0 Å². The molecule has 0 spiro atoms. The Morgan fingerprint density at radius 2 is 1.75 bits per heavy atom. The Hall–Kier alpha value is -2.64. The second kappa shape index (κ2) is 5.16. The van der Waals surface area contributed by atoms with Crippen LogP contribution in [-0.2, 0) is 6.18 Å². The molecule has 0 saturated heterocycles. The van der Waals surface area contributed by atoms with Crippen molar-refractivity contribution in [2.75, 3.05) is 5.32 Å². The van der Waals surface area contributed by atoms with Gasteiger partial charge in [0.05, 0.1) is 18.0 Å². The molecule has 2 aromatic rings. The third kappa shape index (κ3) is 3.22. The molecule has 0 aliphatic rings. The fourth-order valence-corrected chi connectivity index (χ4v) is 1.39. The topological polar surface area (TPSA) is 75.1 Å². The molecule has 0 saturated carbocycles. The maximum Gasteiger partial charge on any atom is 0.416 e. The summed E-state index contributed by atoms with van der Waals surface area (Å²) in [6.45, 7) is 0. The van der Waals surface area contributed by atoms with Crippen molar-refractivity contribution in [1.82, 2.24) is 9.97 Å². The van der Waals surface area contributed by atoms with Gasteiger partial charge in [-0.25, -0.2) is 14.8 Å². The van der Waals surface area contributed by atoms with Crippen LogP contribution in [0.5, 0.6) is 0 Å². The third-order valence-electron chi connectivity index (χ3n) is 2.36. The molecule has 0 bridgehead atoms. The molecule has 2 N–H and O–H groups in total. The Labute approximate surface area is 111 Å². The van der Waals surface area contributed by atoms with Crippen LogP contribution in [0.3, 0.4) is 0 Å². The SMILES string of the molecule is O=C(O)c1cnc(Nc2ccc(C(F)(F)F)cc2)cn1. The molecule has 20 heavy (non-hydrogen) atoms. The first kappa shape index (κ1) is 13.8. The Morgan fingerprint density at radius 1 is 1.10 bits per heavy atom. The molecule has 0 atom stereocenters. The molecule has 0 amide bonds. The zero-order chi connectivity index (χ0) is 14.8. The van der Waals surface area contributed by atoms with E-state index in [1.165, 1.54) is 18.3 Å². The van der Waals surface area contributed by atoms with E-state index in [4.69, 9.17) is 5.11 Å². The van der Waals surface area contributed by atoms with Crippen LogP contribution < -0.4 is 5.32 Å². The van der Waals surface area contributed by atoms with Crippen molar-refractivity contribution in [3.8, 4) is 0 Å². The van der Waals surface area contributed by atoms with Crippen molar-refractivity contribution in [3.05, 3.63) is 47.9 Å². The van der Waals surface area contributed by atoms with Crippen LogP contribution in [0.1, 0.15) is 16.1 Å². The van der Waals surface area contributed by atoms with Gasteiger partial charge in [-0.3, -0.25) is 0 Å². The van der Waals surface area contributed by atoms with Gasteiger partial charge in [0.2, 0.25) is 0 Å². The number of hydrogen-bond acceptors (Lipinski definition) is 4.